The molecule has 1 heterocycles. The van der Waals surface area contributed by atoms with Crippen LogP contribution < -0.4 is 14.8 Å². The molecule has 1 fully saturated rings. The van der Waals surface area contributed by atoms with Gasteiger partial charge < -0.3 is 19.7 Å². The highest BCUT2D eigenvalue weighted by atomic mass is 16.5. The molecule has 2 rings (SSSR count). The van der Waals surface area contributed by atoms with Gasteiger partial charge in [-0.15, -0.1) is 0 Å². The van der Waals surface area contributed by atoms with Gasteiger partial charge in [0.15, 0.2) is 11.5 Å². The van der Waals surface area contributed by atoms with Crippen molar-refractivity contribution in [1.29, 1.82) is 0 Å². The van der Waals surface area contributed by atoms with E-state index in [4.69, 9.17) is 9.47 Å². The molecule has 1 aliphatic rings. The van der Waals surface area contributed by atoms with E-state index in [-0.39, 0.29) is 5.91 Å². The molecule has 5 heteroatoms. The van der Waals surface area contributed by atoms with E-state index >= 15 is 0 Å². The number of methoxy groups -OCH3 is 1. The predicted molar refractivity (Wildman–Crippen MR) is 91.4 cm³/mol. The molecule has 1 aromatic carbocycles. The van der Waals surface area contributed by atoms with E-state index in [2.05, 4.69) is 10.2 Å². The van der Waals surface area contributed by atoms with Gasteiger partial charge in [0, 0.05) is 12.1 Å². The summed E-state index contributed by atoms with van der Waals surface area (Å²) in [5.74, 6) is 1.19. The second-order valence-corrected chi connectivity index (χ2v) is 5.81. The highest BCUT2D eigenvalue weighted by Gasteiger charge is 2.12. The Bertz CT molecular complexity index is 499. The number of piperidine rings is 1. The second-order valence-electron chi connectivity index (χ2n) is 5.81. The molecule has 1 saturated heterocycles. The number of carbonyl (C=O) groups is 1. The van der Waals surface area contributed by atoms with Gasteiger partial charge in [-0.2, -0.15) is 0 Å². The number of carbonyl (C=O) groups excluding carboxylic acids is 1. The molecule has 0 bridgehead atoms. The Labute approximate surface area is 139 Å². The maximum absolute atomic E-state index is 12.2. The van der Waals surface area contributed by atoms with Gasteiger partial charge in [0.05, 0.1) is 13.7 Å². The Hall–Kier alpha value is -1.75. The third-order valence-electron chi connectivity index (χ3n) is 4.11. The van der Waals surface area contributed by atoms with Crippen LogP contribution in [-0.2, 0) is 0 Å². The second kappa shape index (κ2) is 9.40. The van der Waals surface area contributed by atoms with Crippen LogP contribution in [0.4, 0.5) is 0 Å². The van der Waals surface area contributed by atoms with E-state index in [1.807, 2.05) is 6.92 Å². The van der Waals surface area contributed by atoms with Gasteiger partial charge in [0.2, 0.25) is 0 Å². The van der Waals surface area contributed by atoms with Gasteiger partial charge >= 0.3 is 0 Å². The van der Waals surface area contributed by atoms with Crippen LogP contribution in [0, 0.1) is 0 Å². The first kappa shape index (κ1) is 17.6. The molecule has 0 atom stereocenters. The minimum absolute atomic E-state index is 0.0648. The van der Waals surface area contributed by atoms with Crippen LogP contribution in [0.1, 0.15) is 43.0 Å². The molecule has 0 aromatic heterocycles. The van der Waals surface area contributed by atoms with Gasteiger partial charge in [0.1, 0.15) is 0 Å². The molecule has 128 valence electrons. The summed E-state index contributed by atoms with van der Waals surface area (Å²) in [6, 6.07) is 5.28. The van der Waals surface area contributed by atoms with Crippen molar-refractivity contribution in [2.75, 3.05) is 39.9 Å². The lowest BCUT2D eigenvalue weighted by Gasteiger charge is -2.26. The number of hydrogen-bond acceptors (Lipinski definition) is 4. The maximum atomic E-state index is 12.2. The molecular weight excluding hydrogens is 292 g/mol. The zero-order valence-electron chi connectivity index (χ0n) is 14.3. The van der Waals surface area contributed by atoms with E-state index in [1.165, 1.54) is 32.4 Å². The maximum Gasteiger partial charge on any atom is 0.251 e. The summed E-state index contributed by atoms with van der Waals surface area (Å²) in [6.45, 7) is 6.65. The third kappa shape index (κ3) is 5.43. The molecule has 23 heavy (non-hydrogen) atoms. The number of amides is 1. The molecule has 1 aromatic rings. The van der Waals surface area contributed by atoms with Crippen LogP contribution in [0.3, 0.4) is 0 Å². The molecule has 1 amide bonds. The van der Waals surface area contributed by atoms with Crippen molar-refractivity contribution < 1.29 is 14.3 Å². The molecular formula is C18H28N2O3. The largest absolute Gasteiger partial charge is 0.493 e. The quantitative estimate of drug-likeness (QED) is 0.748. The number of ether oxygens (including phenoxy) is 2. The number of likely N-dealkylation sites (tertiary alicyclic amines) is 1. The Balaban J connectivity index is 1.78. The molecule has 0 spiro atoms. The lowest BCUT2D eigenvalue weighted by Crippen LogP contribution is -2.33. The minimum atomic E-state index is -0.0648. The summed E-state index contributed by atoms with van der Waals surface area (Å²) in [5, 5.41) is 2.98. The van der Waals surface area contributed by atoms with Crippen molar-refractivity contribution in [2.24, 2.45) is 0 Å². The van der Waals surface area contributed by atoms with Crippen molar-refractivity contribution >= 4 is 5.91 Å². The van der Waals surface area contributed by atoms with E-state index < -0.39 is 0 Å². The molecule has 1 aliphatic heterocycles. The van der Waals surface area contributed by atoms with Gasteiger partial charge in [-0.25, -0.2) is 0 Å². The fourth-order valence-electron chi connectivity index (χ4n) is 2.87. The summed E-state index contributed by atoms with van der Waals surface area (Å²) in [4.78, 5) is 14.7. The third-order valence-corrected chi connectivity index (χ3v) is 4.11. The van der Waals surface area contributed by atoms with E-state index in [1.54, 1.807) is 25.3 Å². The summed E-state index contributed by atoms with van der Waals surface area (Å²) in [7, 11) is 1.58. The predicted octanol–water partition coefficient (Wildman–Crippen LogP) is 2.70. The number of nitrogens with zero attached hydrogens (tertiary/aromatic N) is 1. The fraction of sp³-hybridized carbons (Fsp3) is 0.611. The Kier molecular flexibility index (Phi) is 7.20. The van der Waals surface area contributed by atoms with Crippen molar-refractivity contribution in [1.82, 2.24) is 10.2 Å². The van der Waals surface area contributed by atoms with Crippen LogP contribution in [0.5, 0.6) is 11.5 Å². The Morgan fingerprint density at radius 3 is 2.70 bits per heavy atom. The lowest BCUT2D eigenvalue weighted by atomic mass is 10.1. The first-order chi connectivity index (χ1) is 11.2. The first-order valence-corrected chi connectivity index (χ1v) is 8.56. The highest BCUT2D eigenvalue weighted by Crippen LogP contribution is 2.27. The standard InChI is InChI=1S/C18H28N2O3/c1-3-23-16-9-8-15(14-17(16)22-2)18(21)19-10-7-13-20-11-5-4-6-12-20/h8-9,14H,3-7,10-13H2,1-2H3,(H,19,21). The smallest absolute Gasteiger partial charge is 0.251 e. The van der Waals surface area contributed by atoms with Gasteiger partial charge in [-0.3, -0.25) is 4.79 Å². The number of nitrogens with one attached hydrogen (secondary N) is 1. The van der Waals surface area contributed by atoms with Crippen molar-refractivity contribution in [2.45, 2.75) is 32.6 Å². The zero-order chi connectivity index (χ0) is 16.5. The summed E-state index contributed by atoms with van der Waals surface area (Å²) >= 11 is 0. The normalized spacial score (nSPS) is 15.2. The number of benzene rings is 1. The monoisotopic (exact) mass is 320 g/mol. The van der Waals surface area contributed by atoms with E-state index in [0.29, 0.717) is 30.2 Å². The van der Waals surface area contributed by atoms with Gasteiger partial charge in [0.25, 0.3) is 5.91 Å². The molecule has 1 N–H and O–H groups in total. The van der Waals surface area contributed by atoms with Crippen LogP contribution >= 0.6 is 0 Å². The topological polar surface area (TPSA) is 50.8 Å². The van der Waals surface area contributed by atoms with Crippen molar-refractivity contribution in [3.05, 3.63) is 23.8 Å². The fourth-order valence-corrected chi connectivity index (χ4v) is 2.87. The van der Waals surface area contributed by atoms with Gasteiger partial charge in [-0.05, 0) is 64.0 Å². The molecule has 0 saturated carbocycles. The van der Waals surface area contributed by atoms with Crippen molar-refractivity contribution in [3.8, 4) is 11.5 Å². The first-order valence-electron chi connectivity index (χ1n) is 8.56. The minimum Gasteiger partial charge on any atom is -0.493 e. The van der Waals surface area contributed by atoms with Crippen LogP contribution in [0.25, 0.3) is 0 Å². The zero-order valence-corrected chi connectivity index (χ0v) is 14.3. The van der Waals surface area contributed by atoms with Crippen LogP contribution in [-0.4, -0.2) is 50.7 Å². The molecule has 0 aliphatic carbocycles. The average Bonchev–Trinajstić information content (AvgIpc) is 2.60. The van der Waals surface area contributed by atoms with Crippen molar-refractivity contribution in [3.63, 3.8) is 0 Å². The van der Waals surface area contributed by atoms with E-state index in [0.717, 1.165) is 13.0 Å². The summed E-state index contributed by atoms with van der Waals surface area (Å²) < 4.78 is 10.7. The molecule has 0 unspecified atom stereocenters. The Morgan fingerprint density at radius 2 is 2.00 bits per heavy atom. The van der Waals surface area contributed by atoms with Gasteiger partial charge in [-0.1, -0.05) is 6.42 Å². The summed E-state index contributed by atoms with van der Waals surface area (Å²) in [5.41, 5.74) is 0.600. The molecule has 5 nitrogen and oxygen atoms in total. The molecule has 0 radical (unpaired) electrons. The summed E-state index contributed by atoms with van der Waals surface area (Å²) in [6.07, 6.45) is 4.95. The van der Waals surface area contributed by atoms with Crippen LogP contribution in [0.15, 0.2) is 18.2 Å². The highest BCUT2D eigenvalue weighted by molar-refractivity contribution is 5.94. The SMILES string of the molecule is CCOc1ccc(C(=O)NCCCN2CCCCC2)cc1OC. The average molecular weight is 320 g/mol. The lowest BCUT2D eigenvalue weighted by molar-refractivity contribution is 0.0950. The number of hydrogen-bond donors (Lipinski definition) is 1. The Morgan fingerprint density at radius 1 is 1.22 bits per heavy atom. The van der Waals surface area contributed by atoms with Crippen LogP contribution in [0.2, 0.25) is 0 Å². The van der Waals surface area contributed by atoms with E-state index in [9.17, 15) is 4.79 Å². The number of rotatable bonds is 8.